The number of pyridine rings is 1. The number of carbonyl (C=O) groups is 1. The number of rotatable bonds is 3. The Balaban J connectivity index is 1.32. The van der Waals surface area contributed by atoms with Crippen molar-refractivity contribution >= 4 is 17.5 Å². The first-order chi connectivity index (χ1) is 14.0. The Morgan fingerprint density at radius 2 is 1.60 bits per heavy atom. The average Bonchev–Trinajstić information content (AvgIpc) is 3.10. The van der Waals surface area contributed by atoms with E-state index < -0.39 is 29.5 Å². The third kappa shape index (κ3) is 4.01. The van der Waals surface area contributed by atoms with Crippen LogP contribution in [0.25, 0.3) is 0 Å². The molecule has 1 aromatic heterocycles. The van der Waals surface area contributed by atoms with Crippen LogP contribution in [0.4, 0.5) is 42.6 Å². The highest BCUT2D eigenvalue weighted by Gasteiger charge is 2.57. The van der Waals surface area contributed by atoms with Gasteiger partial charge in [-0.2, -0.15) is 26.3 Å². The minimum absolute atomic E-state index is 0.00792. The van der Waals surface area contributed by atoms with Crippen molar-refractivity contribution in [2.45, 2.75) is 18.4 Å². The first-order valence-electron chi connectivity index (χ1n) is 9.06. The van der Waals surface area contributed by atoms with Gasteiger partial charge in [-0.1, -0.05) is 0 Å². The van der Waals surface area contributed by atoms with Gasteiger partial charge in [0.15, 0.2) is 0 Å². The van der Waals surface area contributed by atoms with Crippen LogP contribution in [0.3, 0.4) is 0 Å². The van der Waals surface area contributed by atoms with Crippen molar-refractivity contribution in [3.05, 3.63) is 53.7 Å². The summed E-state index contributed by atoms with van der Waals surface area (Å²) >= 11 is 0. The lowest BCUT2D eigenvalue weighted by atomic mass is 10.2. The molecule has 1 aromatic carbocycles. The van der Waals surface area contributed by atoms with Crippen molar-refractivity contribution < 1.29 is 31.1 Å². The fourth-order valence-corrected chi connectivity index (χ4v) is 3.84. The summed E-state index contributed by atoms with van der Waals surface area (Å²) in [5.74, 6) is -0.136. The lowest BCUT2D eigenvalue weighted by Gasteiger charge is -2.24. The fourth-order valence-electron chi connectivity index (χ4n) is 3.84. The number of piperidine rings is 1. The van der Waals surface area contributed by atoms with Crippen LogP contribution in [0.5, 0.6) is 0 Å². The zero-order chi connectivity index (χ0) is 21.7. The molecule has 2 heterocycles. The number of amides is 2. The molecule has 30 heavy (non-hydrogen) atoms. The van der Waals surface area contributed by atoms with Gasteiger partial charge in [-0.3, -0.25) is 0 Å². The molecule has 1 saturated carbocycles. The second-order valence-corrected chi connectivity index (χ2v) is 7.30. The van der Waals surface area contributed by atoms with Gasteiger partial charge in [-0.15, -0.1) is 0 Å². The lowest BCUT2D eigenvalue weighted by molar-refractivity contribution is -0.138. The predicted octanol–water partition coefficient (Wildman–Crippen LogP) is 4.38. The van der Waals surface area contributed by atoms with Crippen LogP contribution < -0.4 is 15.5 Å². The maximum absolute atomic E-state index is 13.2. The van der Waals surface area contributed by atoms with E-state index in [0.29, 0.717) is 13.1 Å². The molecule has 2 aromatic rings. The van der Waals surface area contributed by atoms with Gasteiger partial charge >= 0.3 is 18.4 Å². The van der Waals surface area contributed by atoms with Crippen LogP contribution >= 0.6 is 0 Å². The maximum atomic E-state index is 13.2. The zero-order valence-electron chi connectivity index (χ0n) is 15.3. The number of aromatic nitrogens is 1. The highest BCUT2D eigenvalue weighted by Crippen LogP contribution is 2.48. The predicted molar refractivity (Wildman–Crippen MR) is 95.8 cm³/mol. The molecule has 0 bridgehead atoms. The quantitative estimate of drug-likeness (QED) is 0.711. The molecular weight excluding hydrogens is 414 g/mol. The van der Waals surface area contributed by atoms with Crippen molar-refractivity contribution in [2.75, 3.05) is 23.3 Å². The van der Waals surface area contributed by atoms with Crippen LogP contribution in [-0.4, -0.2) is 30.1 Å². The summed E-state index contributed by atoms with van der Waals surface area (Å²) in [6, 6.07) is 5.48. The number of alkyl halides is 6. The molecule has 1 aliphatic carbocycles. The van der Waals surface area contributed by atoms with E-state index in [-0.39, 0.29) is 29.4 Å². The Bertz CT molecular complexity index is 931. The van der Waals surface area contributed by atoms with Crippen molar-refractivity contribution in [3.63, 3.8) is 0 Å². The van der Waals surface area contributed by atoms with Crippen molar-refractivity contribution in [1.29, 1.82) is 0 Å². The number of nitrogens with zero attached hydrogens (tertiary/aromatic N) is 2. The minimum Gasteiger partial charge on any atom is -0.355 e. The van der Waals surface area contributed by atoms with Crippen LogP contribution in [0, 0.1) is 11.8 Å². The van der Waals surface area contributed by atoms with Crippen LogP contribution in [0.1, 0.15) is 11.1 Å². The summed E-state index contributed by atoms with van der Waals surface area (Å²) < 4.78 is 77.2. The lowest BCUT2D eigenvalue weighted by Crippen LogP contribution is -2.37. The molecule has 0 spiro atoms. The Morgan fingerprint density at radius 3 is 2.17 bits per heavy atom. The highest BCUT2D eigenvalue weighted by molar-refractivity contribution is 5.89. The Hall–Kier alpha value is -2.98. The molecule has 2 amide bonds. The molecule has 0 radical (unpaired) electrons. The van der Waals surface area contributed by atoms with Crippen LogP contribution in [-0.2, 0) is 12.4 Å². The maximum Gasteiger partial charge on any atom is 0.419 e. The number of hydrogen-bond donors (Lipinski definition) is 2. The fraction of sp³-hybridized carbons (Fsp3) is 0.368. The first-order valence-corrected chi connectivity index (χ1v) is 9.06. The molecule has 1 saturated heterocycles. The van der Waals surface area contributed by atoms with Gasteiger partial charge in [0.2, 0.25) is 0 Å². The summed E-state index contributed by atoms with van der Waals surface area (Å²) in [6.45, 7) is 0.659. The molecule has 2 aliphatic rings. The second kappa shape index (κ2) is 7.06. The van der Waals surface area contributed by atoms with E-state index in [4.69, 9.17) is 0 Å². The summed E-state index contributed by atoms with van der Waals surface area (Å²) in [5.41, 5.74) is -1.41. The van der Waals surface area contributed by atoms with E-state index in [2.05, 4.69) is 15.6 Å². The Labute approximate surface area is 167 Å². The molecule has 1 aliphatic heterocycles. The normalized spacial score (nSPS) is 23.1. The molecular formula is C19H16F6N4O. The molecule has 11 heteroatoms. The van der Waals surface area contributed by atoms with E-state index in [1.807, 2.05) is 0 Å². The number of benzene rings is 1. The molecule has 5 nitrogen and oxygen atoms in total. The molecule has 2 fully saturated rings. The Kier molecular flexibility index (Phi) is 4.78. The topological polar surface area (TPSA) is 57.3 Å². The van der Waals surface area contributed by atoms with Crippen molar-refractivity contribution in [1.82, 2.24) is 10.3 Å². The van der Waals surface area contributed by atoms with E-state index >= 15 is 0 Å². The SMILES string of the molecule is O=C(Nc1ccc(C(F)(F)F)cc1)NC1C2CN(c3ncccc3C(F)(F)F)CC21. The number of carbonyl (C=O) groups excluding carboxylic acids is 1. The smallest absolute Gasteiger partial charge is 0.355 e. The number of urea groups is 1. The van der Waals surface area contributed by atoms with Gasteiger partial charge in [0.05, 0.1) is 11.1 Å². The number of halogens is 6. The van der Waals surface area contributed by atoms with E-state index in [0.717, 1.165) is 30.3 Å². The molecule has 2 N–H and O–H groups in total. The monoisotopic (exact) mass is 430 g/mol. The van der Waals surface area contributed by atoms with Gasteiger partial charge in [-0.05, 0) is 36.4 Å². The highest BCUT2D eigenvalue weighted by atomic mass is 19.4. The zero-order valence-corrected chi connectivity index (χ0v) is 15.3. The summed E-state index contributed by atoms with van der Waals surface area (Å²) in [4.78, 5) is 17.5. The van der Waals surface area contributed by atoms with Gasteiger partial charge in [-0.25, -0.2) is 9.78 Å². The summed E-state index contributed by atoms with van der Waals surface area (Å²) in [6.07, 6.45) is -7.66. The van der Waals surface area contributed by atoms with E-state index in [1.54, 1.807) is 4.90 Å². The molecule has 160 valence electrons. The standard InChI is InChI=1S/C19H16F6N4O/c20-18(21,22)10-3-5-11(6-4-10)27-17(30)28-15-12-8-29(9-13(12)15)16-14(19(23,24)25)2-1-7-26-16/h1-7,12-13,15H,8-9H2,(H2,27,28,30). The second-order valence-electron chi connectivity index (χ2n) is 7.30. The third-order valence-electron chi connectivity index (χ3n) is 5.35. The van der Waals surface area contributed by atoms with Gasteiger partial charge in [0, 0.05) is 42.9 Å². The van der Waals surface area contributed by atoms with Gasteiger partial charge in [0.25, 0.3) is 0 Å². The summed E-state index contributed by atoms with van der Waals surface area (Å²) in [5, 5.41) is 5.19. The van der Waals surface area contributed by atoms with E-state index in [9.17, 15) is 31.1 Å². The number of fused-ring (bicyclic) bond motifs is 1. The van der Waals surface area contributed by atoms with Crippen LogP contribution in [0.15, 0.2) is 42.6 Å². The van der Waals surface area contributed by atoms with Gasteiger partial charge < -0.3 is 15.5 Å². The number of hydrogen-bond acceptors (Lipinski definition) is 3. The van der Waals surface area contributed by atoms with E-state index in [1.165, 1.54) is 12.3 Å². The number of anilines is 2. The molecule has 2 atom stereocenters. The van der Waals surface area contributed by atoms with Crippen molar-refractivity contribution in [3.8, 4) is 0 Å². The molecule has 2 unspecified atom stereocenters. The Morgan fingerprint density at radius 1 is 0.967 bits per heavy atom. The average molecular weight is 430 g/mol. The first kappa shape index (κ1) is 20.3. The minimum atomic E-state index is -4.50. The molecule has 4 rings (SSSR count). The van der Waals surface area contributed by atoms with Crippen molar-refractivity contribution in [2.24, 2.45) is 11.8 Å². The number of nitrogens with one attached hydrogen (secondary N) is 2. The third-order valence-corrected chi connectivity index (χ3v) is 5.35. The van der Waals surface area contributed by atoms with Gasteiger partial charge in [0.1, 0.15) is 5.82 Å². The van der Waals surface area contributed by atoms with Crippen LogP contribution in [0.2, 0.25) is 0 Å². The largest absolute Gasteiger partial charge is 0.419 e. The summed E-state index contributed by atoms with van der Waals surface area (Å²) in [7, 11) is 0.